The zero-order valence-corrected chi connectivity index (χ0v) is 13.7. The Morgan fingerprint density at radius 1 is 1.00 bits per heavy atom. The van der Waals surface area contributed by atoms with Gasteiger partial charge in [0.15, 0.2) is 0 Å². The van der Waals surface area contributed by atoms with E-state index in [1.165, 1.54) is 36.4 Å². The smallest absolute Gasteiger partial charge is 0.265 e. The number of carbonyl (C=O) groups excluding carboxylic acids is 2. The minimum atomic E-state index is -4.10. The van der Waals surface area contributed by atoms with Crippen LogP contribution in [-0.4, -0.2) is 26.1 Å². The van der Waals surface area contributed by atoms with E-state index in [0.717, 1.165) is 12.1 Å². The van der Waals surface area contributed by atoms with Crippen molar-refractivity contribution < 1.29 is 22.4 Å². The Balaban J connectivity index is 2.13. The summed E-state index contributed by atoms with van der Waals surface area (Å²) in [6.45, 7) is 0. The number of halogens is 2. The molecule has 0 atom stereocenters. The highest BCUT2D eigenvalue weighted by Gasteiger charge is 2.18. The number of rotatable bonds is 5. The van der Waals surface area contributed by atoms with Crippen LogP contribution in [0.2, 0.25) is 0 Å². The fourth-order valence-electron chi connectivity index (χ4n) is 1.75. The van der Waals surface area contributed by atoms with Crippen molar-refractivity contribution in [3.05, 3.63) is 59.9 Å². The number of anilines is 1. The first-order chi connectivity index (χ1) is 11.3. The van der Waals surface area contributed by atoms with Crippen molar-refractivity contribution in [2.45, 2.75) is 4.90 Å². The zero-order chi connectivity index (χ0) is 17.7. The molecule has 2 rings (SSSR count). The molecule has 0 fully saturated rings. The van der Waals surface area contributed by atoms with Crippen molar-refractivity contribution in [2.75, 3.05) is 11.2 Å². The number of hydrogen-bond donors (Lipinski definition) is 2. The SMILES string of the molecule is O=C(CCl)Nc1ccc(S(=O)(=O)NC(=O)c2ccc(F)cc2)cc1. The van der Waals surface area contributed by atoms with Crippen LogP contribution in [0.5, 0.6) is 0 Å². The number of nitrogens with one attached hydrogen (secondary N) is 2. The second-order valence-corrected chi connectivity index (χ2v) is 6.60. The van der Waals surface area contributed by atoms with Gasteiger partial charge in [0, 0.05) is 11.3 Å². The molecule has 0 unspecified atom stereocenters. The molecular formula is C15H12ClFN2O4S. The van der Waals surface area contributed by atoms with E-state index >= 15 is 0 Å². The highest BCUT2D eigenvalue weighted by Crippen LogP contribution is 2.15. The summed E-state index contributed by atoms with van der Waals surface area (Å²) in [5, 5.41) is 2.45. The number of benzene rings is 2. The van der Waals surface area contributed by atoms with Gasteiger partial charge >= 0.3 is 0 Å². The van der Waals surface area contributed by atoms with E-state index < -0.39 is 27.7 Å². The van der Waals surface area contributed by atoms with Gasteiger partial charge in [0.25, 0.3) is 15.9 Å². The van der Waals surface area contributed by atoms with Crippen LogP contribution >= 0.6 is 11.6 Å². The molecule has 2 N–H and O–H groups in total. The Labute approximate surface area is 142 Å². The molecule has 0 aliphatic carbocycles. The number of alkyl halides is 1. The summed E-state index contributed by atoms with van der Waals surface area (Å²) in [4.78, 5) is 22.9. The standard InChI is InChI=1S/C15H12ClFN2O4S/c16-9-14(20)18-12-5-7-13(8-6-12)24(22,23)19-15(21)10-1-3-11(17)4-2-10/h1-8H,9H2,(H,18,20)(H,19,21). The molecule has 0 spiro atoms. The first-order valence-corrected chi connectivity index (χ1v) is 8.62. The lowest BCUT2D eigenvalue weighted by Gasteiger charge is -2.08. The topological polar surface area (TPSA) is 92.3 Å². The van der Waals surface area contributed by atoms with Gasteiger partial charge in [-0.15, -0.1) is 11.6 Å². The molecule has 0 aliphatic rings. The highest BCUT2D eigenvalue weighted by molar-refractivity contribution is 7.90. The largest absolute Gasteiger partial charge is 0.325 e. The van der Waals surface area contributed by atoms with Crippen LogP contribution in [0.3, 0.4) is 0 Å². The molecule has 0 aliphatic heterocycles. The van der Waals surface area contributed by atoms with Gasteiger partial charge in [-0.3, -0.25) is 9.59 Å². The number of sulfonamides is 1. The van der Waals surface area contributed by atoms with Gasteiger partial charge in [-0.25, -0.2) is 17.5 Å². The lowest BCUT2D eigenvalue weighted by atomic mass is 10.2. The monoisotopic (exact) mass is 370 g/mol. The highest BCUT2D eigenvalue weighted by atomic mass is 35.5. The van der Waals surface area contributed by atoms with E-state index in [0.29, 0.717) is 5.69 Å². The first-order valence-electron chi connectivity index (χ1n) is 6.60. The summed E-state index contributed by atoms with van der Waals surface area (Å²) in [5.41, 5.74) is 0.371. The Bertz CT molecular complexity index is 852. The average Bonchev–Trinajstić information content (AvgIpc) is 2.55. The number of hydrogen-bond acceptors (Lipinski definition) is 4. The van der Waals surface area contributed by atoms with Crippen LogP contribution in [0, 0.1) is 5.82 Å². The maximum absolute atomic E-state index is 12.8. The molecule has 126 valence electrons. The van der Waals surface area contributed by atoms with Crippen LogP contribution in [0.1, 0.15) is 10.4 Å². The van der Waals surface area contributed by atoms with Gasteiger partial charge in [-0.2, -0.15) is 0 Å². The summed E-state index contributed by atoms with van der Waals surface area (Å²) in [7, 11) is -4.10. The molecule has 0 radical (unpaired) electrons. The van der Waals surface area contributed by atoms with Crippen molar-refractivity contribution >= 4 is 39.1 Å². The number of amides is 2. The van der Waals surface area contributed by atoms with Crippen LogP contribution in [0.4, 0.5) is 10.1 Å². The van der Waals surface area contributed by atoms with Crippen LogP contribution in [-0.2, 0) is 14.8 Å². The lowest BCUT2D eigenvalue weighted by molar-refractivity contribution is -0.113. The van der Waals surface area contributed by atoms with Crippen LogP contribution < -0.4 is 10.0 Å². The third-order valence-electron chi connectivity index (χ3n) is 2.90. The fourth-order valence-corrected chi connectivity index (χ4v) is 2.79. The number of carbonyl (C=O) groups is 2. The van der Waals surface area contributed by atoms with Gasteiger partial charge in [0.05, 0.1) is 4.90 Å². The molecule has 0 saturated carbocycles. The molecule has 0 aromatic heterocycles. The van der Waals surface area contributed by atoms with E-state index in [2.05, 4.69) is 5.32 Å². The minimum absolute atomic E-state index is 0.00553. The molecule has 6 nitrogen and oxygen atoms in total. The first kappa shape index (κ1) is 17.9. The quantitative estimate of drug-likeness (QED) is 0.788. The predicted octanol–water partition coefficient (Wildman–Crippen LogP) is 2.12. The van der Waals surface area contributed by atoms with Crippen molar-refractivity contribution in [3.63, 3.8) is 0 Å². The molecule has 0 saturated heterocycles. The Kier molecular flexibility index (Phi) is 5.53. The fraction of sp³-hybridized carbons (Fsp3) is 0.0667. The maximum atomic E-state index is 12.8. The van der Waals surface area contributed by atoms with Crippen molar-refractivity contribution in [1.29, 1.82) is 0 Å². The molecule has 2 aromatic carbocycles. The second kappa shape index (κ2) is 7.41. The summed E-state index contributed by atoms with van der Waals surface area (Å²) < 4.78 is 39.0. The molecule has 9 heteroatoms. The van der Waals surface area contributed by atoms with Crippen LogP contribution in [0.15, 0.2) is 53.4 Å². The Hall–Kier alpha value is -2.45. The summed E-state index contributed by atoms with van der Waals surface area (Å²) in [6.07, 6.45) is 0. The Morgan fingerprint density at radius 2 is 1.58 bits per heavy atom. The molecule has 0 heterocycles. The summed E-state index contributed by atoms with van der Waals surface area (Å²) in [6, 6.07) is 9.62. The third kappa shape index (κ3) is 4.53. The molecule has 2 amide bonds. The van der Waals surface area contributed by atoms with Crippen molar-refractivity contribution in [1.82, 2.24) is 4.72 Å². The predicted molar refractivity (Wildman–Crippen MR) is 86.8 cm³/mol. The van der Waals surface area contributed by atoms with Crippen molar-refractivity contribution in [2.24, 2.45) is 0 Å². The van der Waals surface area contributed by atoms with Crippen LogP contribution in [0.25, 0.3) is 0 Å². The van der Waals surface area contributed by atoms with Crippen molar-refractivity contribution in [3.8, 4) is 0 Å². The normalized spacial score (nSPS) is 10.9. The zero-order valence-electron chi connectivity index (χ0n) is 12.1. The van der Waals surface area contributed by atoms with Gasteiger partial charge in [-0.1, -0.05) is 0 Å². The minimum Gasteiger partial charge on any atom is -0.325 e. The maximum Gasteiger partial charge on any atom is 0.265 e. The molecule has 24 heavy (non-hydrogen) atoms. The van der Waals surface area contributed by atoms with E-state index in [-0.39, 0.29) is 16.3 Å². The van der Waals surface area contributed by atoms with E-state index in [1.54, 1.807) is 0 Å². The van der Waals surface area contributed by atoms with Gasteiger partial charge in [0.1, 0.15) is 11.7 Å². The molecule has 2 aromatic rings. The summed E-state index contributed by atoms with van der Waals surface area (Å²) in [5.74, 6) is -2.08. The van der Waals surface area contributed by atoms with Gasteiger partial charge in [-0.05, 0) is 48.5 Å². The van der Waals surface area contributed by atoms with E-state index in [4.69, 9.17) is 11.6 Å². The second-order valence-electron chi connectivity index (χ2n) is 4.65. The summed E-state index contributed by atoms with van der Waals surface area (Å²) >= 11 is 5.35. The molecule has 0 bridgehead atoms. The Morgan fingerprint density at radius 3 is 2.12 bits per heavy atom. The van der Waals surface area contributed by atoms with Gasteiger partial charge in [0.2, 0.25) is 5.91 Å². The van der Waals surface area contributed by atoms with Gasteiger partial charge < -0.3 is 5.32 Å². The third-order valence-corrected chi connectivity index (χ3v) is 4.49. The molecular weight excluding hydrogens is 359 g/mol. The van der Waals surface area contributed by atoms with E-state index in [1.807, 2.05) is 4.72 Å². The lowest BCUT2D eigenvalue weighted by Crippen LogP contribution is -2.30. The average molecular weight is 371 g/mol. The van der Waals surface area contributed by atoms with E-state index in [9.17, 15) is 22.4 Å².